The van der Waals surface area contributed by atoms with E-state index in [0.29, 0.717) is 6.79 Å². The molecule has 0 aliphatic carbocycles. The van der Waals surface area contributed by atoms with E-state index in [0.717, 1.165) is 41.0 Å². The van der Waals surface area contributed by atoms with Crippen molar-refractivity contribution in [3.05, 3.63) is 60.2 Å². The van der Waals surface area contributed by atoms with E-state index >= 15 is 0 Å². The van der Waals surface area contributed by atoms with Crippen LogP contribution in [0.2, 0.25) is 0 Å². The Balaban J connectivity index is 1.68. The molecule has 134 valence electrons. The van der Waals surface area contributed by atoms with E-state index < -0.39 is 0 Å². The third-order valence-electron chi connectivity index (χ3n) is 4.29. The van der Waals surface area contributed by atoms with Gasteiger partial charge in [-0.05, 0) is 31.0 Å². The van der Waals surface area contributed by atoms with Gasteiger partial charge >= 0.3 is 0 Å². The van der Waals surface area contributed by atoms with Crippen LogP contribution >= 0.6 is 11.8 Å². The third-order valence-corrected chi connectivity index (χ3v) is 5.36. The standard InChI is InChI=1S/C20H21N3O2S/c1-15-6-5-9-17(12-15)23-19(16-7-3-2-4-8-16)21-22-20(23)26-13-18-10-11-24-14-25-18/h2-9,12,18H,10-11,13-14H2,1H3/t18-/m0/s1. The Morgan fingerprint density at radius 1 is 1.12 bits per heavy atom. The summed E-state index contributed by atoms with van der Waals surface area (Å²) < 4.78 is 13.0. The number of hydrogen-bond donors (Lipinski definition) is 0. The predicted molar refractivity (Wildman–Crippen MR) is 103 cm³/mol. The van der Waals surface area contributed by atoms with E-state index in [1.165, 1.54) is 5.56 Å². The molecule has 2 heterocycles. The fourth-order valence-corrected chi connectivity index (χ4v) is 3.96. The molecular weight excluding hydrogens is 346 g/mol. The minimum absolute atomic E-state index is 0.191. The van der Waals surface area contributed by atoms with E-state index in [1.54, 1.807) is 11.8 Å². The molecule has 0 unspecified atom stereocenters. The molecule has 0 saturated carbocycles. The van der Waals surface area contributed by atoms with Crippen LogP contribution in [-0.4, -0.2) is 40.0 Å². The van der Waals surface area contributed by atoms with Gasteiger partial charge in [-0.2, -0.15) is 0 Å². The molecule has 3 aromatic rings. The van der Waals surface area contributed by atoms with Crippen molar-refractivity contribution in [2.45, 2.75) is 24.6 Å². The second-order valence-electron chi connectivity index (χ2n) is 6.26. The molecular formula is C20H21N3O2S. The van der Waals surface area contributed by atoms with Gasteiger partial charge < -0.3 is 9.47 Å². The van der Waals surface area contributed by atoms with Gasteiger partial charge in [0, 0.05) is 17.0 Å². The molecule has 5 nitrogen and oxygen atoms in total. The highest BCUT2D eigenvalue weighted by molar-refractivity contribution is 7.99. The highest BCUT2D eigenvalue weighted by Crippen LogP contribution is 2.29. The number of benzene rings is 2. The van der Waals surface area contributed by atoms with Crippen LogP contribution in [-0.2, 0) is 9.47 Å². The van der Waals surface area contributed by atoms with Crippen LogP contribution in [0.4, 0.5) is 0 Å². The van der Waals surface area contributed by atoms with Crippen molar-refractivity contribution in [2.24, 2.45) is 0 Å². The second-order valence-corrected chi connectivity index (χ2v) is 7.25. The van der Waals surface area contributed by atoms with Crippen LogP contribution in [0.25, 0.3) is 17.1 Å². The molecule has 2 aromatic carbocycles. The van der Waals surface area contributed by atoms with Crippen LogP contribution < -0.4 is 0 Å². The summed E-state index contributed by atoms with van der Waals surface area (Å²) in [6.45, 7) is 3.23. The maximum Gasteiger partial charge on any atom is 0.196 e. The van der Waals surface area contributed by atoms with Crippen molar-refractivity contribution in [1.29, 1.82) is 0 Å². The van der Waals surface area contributed by atoms with Gasteiger partial charge in [0.2, 0.25) is 0 Å². The monoisotopic (exact) mass is 367 g/mol. The average molecular weight is 367 g/mol. The number of ether oxygens (including phenoxy) is 2. The fourth-order valence-electron chi connectivity index (χ4n) is 2.94. The van der Waals surface area contributed by atoms with Crippen molar-refractivity contribution in [3.8, 4) is 17.1 Å². The lowest BCUT2D eigenvalue weighted by Crippen LogP contribution is -2.25. The first-order valence-electron chi connectivity index (χ1n) is 8.71. The number of rotatable bonds is 5. The number of aryl methyl sites for hydroxylation is 1. The average Bonchev–Trinajstić information content (AvgIpc) is 3.12. The zero-order valence-electron chi connectivity index (χ0n) is 14.7. The largest absolute Gasteiger partial charge is 0.355 e. The normalized spacial score (nSPS) is 17.3. The molecule has 1 fully saturated rings. The molecule has 6 heteroatoms. The maximum absolute atomic E-state index is 5.66. The molecule has 0 radical (unpaired) electrons. The van der Waals surface area contributed by atoms with Crippen molar-refractivity contribution < 1.29 is 9.47 Å². The zero-order chi connectivity index (χ0) is 17.8. The van der Waals surface area contributed by atoms with Crippen molar-refractivity contribution in [1.82, 2.24) is 14.8 Å². The molecule has 0 amide bonds. The Hall–Kier alpha value is -2.15. The topological polar surface area (TPSA) is 49.2 Å². The van der Waals surface area contributed by atoms with Gasteiger partial charge in [0.05, 0.1) is 12.7 Å². The molecule has 1 aliphatic heterocycles. The first-order valence-corrected chi connectivity index (χ1v) is 9.70. The van der Waals surface area contributed by atoms with Crippen LogP contribution in [0.15, 0.2) is 59.8 Å². The summed E-state index contributed by atoms with van der Waals surface area (Å²) in [5, 5.41) is 9.83. The quantitative estimate of drug-likeness (QED) is 0.636. The van der Waals surface area contributed by atoms with E-state index in [2.05, 4.69) is 58.1 Å². The molecule has 1 atom stereocenters. The van der Waals surface area contributed by atoms with Gasteiger partial charge in [-0.1, -0.05) is 54.2 Å². The Morgan fingerprint density at radius 2 is 2.00 bits per heavy atom. The molecule has 0 bridgehead atoms. The molecule has 1 aliphatic rings. The van der Waals surface area contributed by atoms with Gasteiger partial charge in [0.25, 0.3) is 0 Å². The lowest BCUT2D eigenvalue weighted by atomic mass is 10.2. The first-order chi connectivity index (χ1) is 12.8. The lowest BCUT2D eigenvalue weighted by Gasteiger charge is -2.22. The van der Waals surface area contributed by atoms with Crippen molar-refractivity contribution in [2.75, 3.05) is 19.2 Å². The van der Waals surface area contributed by atoms with Gasteiger partial charge in [-0.25, -0.2) is 0 Å². The Morgan fingerprint density at radius 3 is 2.77 bits per heavy atom. The molecule has 26 heavy (non-hydrogen) atoms. The summed E-state index contributed by atoms with van der Waals surface area (Å²) in [5.41, 5.74) is 3.33. The summed E-state index contributed by atoms with van der Waals surface area (Å²) in [4.78, 5) is 0. The van der Waals surface area contributed by atoms with Gasteiger partial charge in [0.15, 0.2) is 11.0 Å². The Bertz CT molecular complexity index is 861. The molecule has 1 saturated heterocycles. The Kier molecular flexibility index (Phi) is 5.34. The first kappa shape index (κ1) is 17.3. The zero-order valence-corrected chi connectivity index (χ0v) is 15.5. The van der Waals surface area contributed by atoms with E-state index in [4.69, 9.17) is 9.47 Å². The predicted octanol–water partition coefficient (Wildman–Crippen LogP) is 4.10. The fraction of sp³-hybridized carbons (Fsp3) is 0.300. The van der Waals surface area contributed by atoms with Crippen LogP contribution in [0, 0.1) is 6.92 Å². The number of thioether (sulfide) groups is 1. The SMILES string of the molecule is Cc1cccc(-n2c(SC[C@@H]3CCOCO3)nnc2-c2ccccc2)c1. The molecule has 4 rings (SSSR count). The lowest BCUT2D eigenvalue weighted by molar-refractivity contribution is -0.130. The molecule has 0 N–H and O–H groups in total. The summed E-state index contributed by atoms with van der Waals surface area (Å²) in [6, 6.07) is 18.6. The van der Waals surface area contributed by atoms with Crippen molar-refractivity contribution >= 4 is 11.8 Å². The van der Waals surface area contributed by atoms with Crippen molar-refractivity contribution in [3.63, 3.8) is 0 Å². The smallest absolute Gasteiger partial charge is 0.196 e. The summed E-state index contributed by atoms with van der Waals surface area (Å²) in [5.74, 6) is 1.69. The number of nitrogens with zero attached hydrogens (tertiary/aromatic N) is 3. The third kappa shape index (κ3) is 3.82. The van der Waals surface area contributed by atoms with Crippen LogP contribution in [0.1, 0.15) is 12.0 Å². The number of hydrogen-bond acceptors (Lipinski definition) is 5. The highest BCUT2D eigenvalue weighted by Gasteiger charge is 2.19. The summed E-state index contributed by atoms with van der Waals surface area (Å²) in [6.07, 6.45) is 1.11. The minimum Gasteiger partial charge on any atom is -0.355 e. The highest BCUT2D eigenvalue weighted by atomic mass is 32.2. The van der Waals surface area contributed by atoms with Crippen LogP contribution in [0.5, 0.6) is 0 Å². The van der Waals surface area contributed by atoms with Gasteiger partial charge in [-0.3, -0.25) is 4.57 Å². The minimum atomic E-state index is 0.191. The summed E-state index contributed by atoms with van der Waals surface area (Å²) in [7, 11) is 0. The Labute approximate surface area is 157 Å². The van der Waals surface area contributed by atoms with E-state index in [9.17, 15) is 0 Å². The maximum atomic E-state index is 5.66. The molecule has 0 spiro atoms. The van der Waals surface area contributed by atoms with E-state index in [-0.39, 0.29) is 6.10 Å². The summed E-state index contributed by atoms with van der Waals surface area (Å²) >= 11 is 1.68. The second kappa shape index (κ2) is 8.03. The van der Waals surface area contributed by atoms with Gasteiger partial charge in [0.1, 0.15) is 6.79 Å². The molecule has 1 aromatic heterocycles. The number of aromatic nitrogens is 3. The van der Waals surface area contributed by atoms with E-state index in [1.807, 2.05) is 18.2 Å². The van der Waals surface area contributed by atoms with Gasteiger partial charge in [-0.15, -0.1) is 10.2 Å². The van der Waals surface area contributed by atoms with Crippen LogP contribution in [0.3, 0.4) is 0 Å².